The molecule has 1 aliphatic rings. The number of amides is 1. The Kier molecular flexibility index (Phi) is 11.1. The predicted molar refractivity (Wildman–Crippen MR) is 189 cm³/mol. The van der Waals surface area contributed by atoms with Gasteiger partial charge in [-0.15, -0.1) is 0 Å². The maximum atomic E-state index is 13.7. The van der Waals surface area contributed by atoms with Gasteiger partial charge in [0.25, 0.3) is 8.32 Å². The Morgan fingerprint density at radius 3 is 1.87 bits per heavy atom. The fourth-order valence-electron chi connectivity index (χ4n) is 6.27. The number of alkyl carbamates (subject to hydrolysis) is 1. The Morgan fingerprint density at radius 1 is 0.830 bits per heavy atom. The monoisotopic (exact) mass is 671 g/mol. The first-order valence-electron chi connectivity index (χ1n) is 16.0. The fourth-order valence-corrected chi connectivity index (χ4v) is 12.1. The van der Waals surface area contributed by atoms with Gasteiger partial charge in [-0.1, -0.05) is 130 Å². The second-order valence-electron chi connectivity index (χ2n) is 13.3. The van der Waals surface area contributed by atoms with Gasteiger partial charge in [0, 0.05) is 4.90 Å². The van der Waals surface area contributed by atoms with E-state index in [2.05, 4.69) is 74.6 Å². The lowest BCUT2D eigenvalue weighted by atomic mass is 10.1. The lowest BCUT2D eigenvalue weighted by Gasteiger charge is -2.43. The molecule has 47 heavy (non-hydrogen) atoms. The first kappa shape index (κ1) is 34.7. The van der Waals surface area contributed by atoms with Crippen LogP contribution in [0, 0.1) is 0 Å². The van der Waals surface area contributed by atoms with E-state index in [1.807, 2.05) is 86.6 Å². The maximum absolute atomic E-state index is 13.7. The van der Waals surface area contributed by atoms with Crippen LogP contribution >= 0.6 is 0 Å². The first-order valence-corrected chi connectivity index (χ1v) is 19.2. The summed E-state index contributed by atoms with van der Waals surface area (Å²) in [7, 11) is -4.34. The summed E-state index contributed by atoms with van der Waals surface area (Å²) in [5.41, 5.74) is 0.866. The van der Waals surface area contributed by atoms with Gasteiger partial charge in [-0.2, -0.15) is 0 Å². The smallest absolute Gasteiger partial charge is 0.407 e. The molecule has 1 amide bonds. The molecule has 0 radical (unpaired) electrons. The van der Waals surface area contributed by atoms with Crippen LogP contribution in [0.2, 0.25) is 5.04 Å². The van der Waals surface area contributed by atoms with Crippen molar-refractivity contribution in [1.82, 2.24) is 5.32 Å². The predicted octanol–water partition coefficient (Wildman–Crippen LogP) is 6.19. The van der Waals surface area contributed by atoms with Gasteiger partial charge in [0.2, 0.25) is 0 Å². The lowest BCUT2D eigenvalue weighted by Crippen LogP contribution is -2.67. The van der Waals surface area contributed by atoms with Crippen LogP contribution in [-0.2, 0) is 36.0 Å². The van der Waals surface area contributed by atoms with Crippen molar-refractivity contribution in [2.24, 2.45) is 0 Å². The normalized spacial score (nSPS) is 19.1. The maximum Gasteiger partial charge on any atom is 0.407 e. The van der Waals surface area contributed by atoms with Crippen molar-refractivity contribution in [3.05, 3.63) is 127 Å². The second kappa shape index (κ2) is 15.1. The molecule has 1 N–H and O–H groups in total. The average Bonchev–Trinajstić information content (AvgIpc) is 3.39. The van der Waals surface area contributed by atoms with Crippen LogP contribution in [0.5, 0.6) is 0 Å². The van der Waals surface area contributed by atoms with E-state index in [1.54, 1.807) is 0 Å². The quantitative estimate of drug-likeness (QED) is 0.181. The highest BCUT2D eigenvalue weighted by Crippen LogP contribution is 2.38. The standard InChI is InChI=1S/C38H45NO6SSi/c1-37(2,3)47(31-22-14-8-15-23-31,32-24-16-9-17-25-32)43-27-34-35(45-38(4,5)44-34)33(28-46(41)30-20-12-7-13-21-30)39-36(40)42-26-29-18-10-6-11-19-29/h6-25,33-35H,26-28H2,1-5H3,(H,39,40)/t33-,34+,35+,46?/m1/s1. The zero-order valence-corrected chi connectivity index (χ0v) is 29.6. The Morgan fingerprint density at radius 2 is 1.34 bits per heavy atom. The van der Waals surface area contributed by atoms with E-state index in [1.165, 1.54) is 0 Å². The fraction of sp³-hybridized carbons (Fsp3) is 0.342. The van der Waals surface area contributed by atoms with Gasteiger partial charge in [-0.25, -0.2) is 4.79 Å². The summed E-state index contributed by atoms with van der Waals surface area (Å²) in [5.74, 6) is -0.865. The third-order valence-electron chi connectivity index (χ3n) is 8.35. The summed E-state index contributed by atoms with van der Waals surface area (Å²) >= 11 is 0. The third kappa shape index (κ3) is 8.47. The molecule has 0 aromatic heterocycles. The highest BCUT2D eigenvalue weighted by Gasteiger charge is 2.53. The van der Waals surface area contributed by atoms with Gasteiger partial charge in [-0.3, -0.25) is 4.21 Å². The lowest BCUT2D eigenvalue weighted by molar-refractivity contribution is -0.150. The van der Waals surface area contributed by atoms with Gasteiger partial charge in [0.1, 0.15) is 18.8 Å². The summed E-state index contributed by atoms with van der Waals surface area (Å²) < 4.78 is 39.5. The number of carbonyl (C=O) groups excluding carboxylic acids is 1. The molecule has 248 valence electrons. The molecule has 7 nitrogen and oxygen atoms in total. The van der Waals surface area contributed by atoms with E-state index in [0.29, 0.717) is 4.90 Å². The zero-order valence-electron chi connectivity index (χ0n) is 27.8. The number of benzene rings is 4. The molecule has 5 rings (SSSR count). The Bertz CT molecular complexity index is 1560. The van der Waals surface area contributed by atoms with Crippen LogP contribution in [0.1, 0.15) is 40.2 Å². The molecule has 4 aromatic carbocycles. The zero-order chi connectivity index (χ0) is 33.5. The molecule has 4 atom stereocenters. The van der Waals surface area contributed by atoms with Crippen molar-refractivity contribution in [2.45, 2.75) is 75.2 Å². The topological polar surface area (TPSA) is 83.1 Å². The van der Waals surface area contributed by atoms with Crippen LogP contribution in [0.3, 0.4) is 0 Å². The Balaban J connectivity index is 1.45. The second-order valence-corrected chi connectivity index (χ2v) is 19.1. The van der Waals surface area contributed by atoms with E-state index in [9.17, 15) is 9.00 Å². The van der Waals surface area contributed by atoms with Crippen molar-refractivity contribution in [1.29, 1.82) is 0 Å². The van der Waals surface area contributed by atoms with E-state index in [4.69, 9.17) is 18.6 Å². The largest absolute Gasteiger partial charge is 0.445 e. The SMILES string of the molecule is CC1(C)O[C@@H]([C@@H](CS(=O)c2ccccc2)NC(=O)OCc2ccccc2)[C@H](CO[Si](c2ccccc2)(c2ccccc2)C(C)(C)C)O1. The molecule has 9 heteroatoms. The summed E-state index contributed by atoms with van der Waals surface area (Å²) in [6, 6.07) is 38.8. The summed E-state index contributed by atoms with van der Waals surface area (Å²) in [6.07, 6.45) is -1.86. The van der Waals surface area contributed by atoms with Gasteiger partial charge < -0.3 is 24.0 Å². The third-order valence-corrected chi connectivity index (χ3v) is 14.8. The molecule has 1 heterocycles. The van der Waals surface area contributed by atoms with Gasteiger partial charge in [-0.05, 0) is 47.0 Å². The molecule has 1 aliphatic heterocycles. The van der Waals surface area contributed by atoms with E-state index < -0.39 is 49.2 Å². The molecular weight excluding hydrogens is 627 g/mol. The Hall–Kier alpha value is -3.60. The van der Waals surface area contributed by atoms with Crippen LogP contribution in [0.25, 0.3) is 0 Å². The minimum atomic E-state index is -2.90. The van der Waals surface area contributed by atoms with E-state index in [0.717, 1.165) is 15.9 Å². The van der Waals surface area contributed by atoms with Gasteiger partial charge >= 0.3 is 6.09 Å². The summed E-state index contributed by atoms with van der Waals surface area (Å²) in [6.45, 7) is 10.7. The molecule has 0 saturated carbocycles. The highest BCUT2D eigenvalue weighted by atomic mass is 32.2. The molecule has 0 bridgehead atoms. The van der Waals surface area contributed by atoms with Crippen LogP contribution in [0.15, 0.2) is 126 Å². The molecule has 4 aromatic rings. The number of hydrogen-bond acceptors (Lipinski definition) is 6. The molecule has 0 aliphatic carbocycles. The summed E-state index contributed by atoms with van der Waals surface area (Å²) in [5, 5.41) is 5.04. The number of rotatable bonds is 12. The van der Waals surface area contributed by atoms with Gasteiger partial charge in [0.05, 0.1) is 29.2 Å². The van der Waals surface area contributed by atoms with Gasteiger partial charge in [0.15, 0.2) is 5.79 Å². The number of nitrogens with one attached hydrogen (secondary N) is 1. The molecule has 1 saturated heterocycles. The van der Waals surface area contributed by atoms with E-state index >= 15 is 0 Å². The number of hydrogen-bond donors (Lipinski definition) is 1. The molecular formula is C38H45NO6SSi. The van der Waals surface area contributed by atoms with Crippen molar-refractivity contribution < 1.29 is 27.6 Å². The van der Waals surface area contributed by atoms with Crippen molar-refractivity contribution in [3.8, 4) is 0 Å². The van der Waals surface area contributed by atoms with Crippen LogP contribution < -0.4 is 15.7 Å². The minimum absolute atomic E-state index is 0.101. The van der Waals surface area contributed by atoms with Crippen molar-refractivity contribution in [3.63, 3.8) is 0 Å². The highest BCUT2D eigenvalue weighted by molar-refractivity contribution is 7.85. The first-order chi connectivity index (χ1) is 22.5. The molecule has 1 unspecified atom stereocenters. The van der Waals surface area contributed by atoms with Crippen molar-refractivity contribution in [2.75, 3.05) is 12.4 Å². The van der Waals surface area contributed by atoms with E-state index in [-0.39, 0.29) is 24.0 Å². The number of ether oxygens (including phenoxy) is 3. The molecule has 0 spiro atoms. The van der Waals surface area contributed by atoms with Crippen LogP contribution in [-0.4, -0.2) is 55.0 Å². The van der Waals surface area contributed by atoms with Crippen molar-refractivity contribution >= 4 is 35.6 Å². The Labute approximate surface area is 282 Å². The molecule has 1 fully saturated rings. The number of carbonyl (C=O) groups is 1. The summed E-state index contributed by atoms with van der Waals surface area (Å²) in [4.78, 5) is 13.9. The van der Waals surface area contributed by atoms with Crippen LogP contribution in [0.4, 0.5) is 4.79 Å². The average molecular weight is 672 g/mol. The minimum Gasteiger partial charge on any atom is -0.445 e.